The van der Waals surface area contributed by atoms with Gasteiger partial charge >= 0.3 is 12.2 Å². The molecular weight excluding hydrogens is 496 g/mol. The third-order valence-corrected chi connectivity index (χ3v) is 11.2. The second-order valence-corrected chi connectivity index (χ2v) is 16.7. The van der Waals surface area contributed by atoms with E-state index in [1.54, 1.807) is 4.90 Å². The van der Waals surface area contributed by atoms with Crippen molar-refractivity contribution in [2.24, 2.45) is 0 Å². The number of alkyl carbamates (subject to hydrolysis) is 1. The topological polar surface area (TPSA) is 86.3 Å². The zero-order valence-corrected chi connectivity index (χ0v) is 24.9. The molecule has 1 N–H and O–H groups in total. The molecule has 2 amide bonds. The van der Waals surface area contributed by atoms with E-state index in [0.29, 0.717) is 19.5 Å². The lowest BCUT2D eigenvalue weighted by Gasteiger charge is -2.39. The Hall–Kier alpha value is -1.75. The van der Waals surface area contributed by atoms with Crippen molar-refractivity contribution < 1.29 is 28.2 Å². The van der Waals surface area contributed by atoms with E-state index in [4.69, 9.17) is 18.6 Å². The molecule has 1 heterocycles. The molecule has 10 heteroatoms. The highest BCUT2D eigenvalue weighted by Crippen LogP contribution is 2.40. The molecule has 1 aromatic rings. The molecule has 2 rings (SSSR count). The van der Waals surface area contributed by atoms with Crippen LogP contribution in [-0.4, -0.2) is 68.3 Å². The van der Waals surface area contributed by atoms with Gasteiger partial charge in [-0.2, -0.15) is 12.6 Å². The van der Waals surface area contributed by atoms with Crippen molar-refractivity contribution in [2.75, 3.05) is 19.0 Å². The second kappa shape index (κ2) is 12.7. The molecule has 1 saturated heterocycles. The lowest BCUT2D eigenvalue weighted by atomic mass is 10.1. The van der Waals surface area contributed by atoms with Crippen LogP contribution < -0.4 is 5.32 Å². The number of ether oxygens (including phenoxy) is 3. The molecule has 0 aliphatic carbocycles. The van der Waals surface area contributed by atoms with Crippen LogP contribution in [0.3, 0.4) is 0 Å². The summed E-state index contributed by atoms with van der Waals surface area (Å²) in [6, 6.07) is 9.14. The Morgan fingerprint density at radius 3 is 2.31 bits per heavy atom. The summed E-state index contributed by atoms with van der Waals surface area (Å²) < 4.78 is 23.7. The van der Waals surface area contributed by atoms with E-state index in [1.165, 1.54) is 0 Å². The van der Waals surface area contributed by atoms with E-state index in [-0.39, 0.29) is 29.7 Å². The normalized spacial score (nSPS) is 20.8. The Bertz CT molecular complexity index is 856. The van der Waals surface area contributed by atoms with Gasteiger partial charge in [0.25, 0.3) is 0 Å². The number of likely N-dealkylation sites (tertiary alicyclic amines) is 1. The summed E-state index contributed by atoms with van der Waals surface area (Å²) in [5, 5.41) is 2.79. The predicted octanol–water partition coefficient (Wildman–Crippen LogP) is 5.59. The third-order valence-electron chi connectivity index (χ3n) is 6.59. The second-order valence-electron chi connectivity index (χ2n) is 11.7. The molecule has 0 unspecified atom stereocenters. The standard InChI is InChI=1S/C26H44N2O6SSi/c1-25(2,3)33-24(30)28-16-21(34-36(7,8)26(4,5)6)22(32-18-35)20(28)14-15-27-23(29)31-17-19-12-10-9-11-13-19/h9-13,20-22,35H,14-18H2,1-8H3,(H,27,29)/t20-,21-,22-/m1/s1. The van der Waals surface area contributed by atoms with Gasteiger partial charge in [0.15, 0.2) is 8.32 Å². The number of amides is 2. The molecular formula is C26H44N2O6SSi. The lowest BCUT2D eigenvalue weighted by Crippen LogP contribution is -2.48. The van der Waals surface area contributed by atoms with Crippen LogP contribution in [0.4, 0.5) is 9.59 Å². The van der Waals surface area contributed by atoms with E-state index in [9.17, 15) is 9.59 Å². The van der Waals surface area contributed by atoms with E-state index in [1.807, 2.05) is 51.1 Å². The van der Waals surface area contributed by atoms with E-state index < -0.39 is 32.2 Å². The zero-order valence-electron chi connectivity index (χ0n) is 23.0. The minimum Gasteiger partial charge on any atom is -0.445 e. The van der Waals surface area contributed by atoms with Gasteiger partial charge < -0.3 is 24.0 Å². The summed E-state index contributed by atoms with van der Waals surface area (Å²) in [5.74, 6) is 0.188. The molecule has 1 aliphatic heterocycles. The SMILES string of the molecule is CC(C)(C)OC(=O)N1C[C@@H](O[Si](C)(C)C(C)(C)C)[C@H](OCS)[C@H]1CCNC(=O)OCc1ccccc1. The van der Waals surface area contributed by atoms with Crippen molar-refractivity contribution in [2.45, 2.75) is 96.6 Å². The average Bonchev–Trinajstić information content (AvgIpc) is 3.08. The highest BCUT2D eigenvalue weighted by Gasteiger charge is 2.50. The summed E-state index contributed by atoms with van der Waals surface area (Å²) in [6.45, 7) is 17.3. The van der Waals surface area contributed by atoms with Crippen LogP contribution in [0.5, 0.6) is 0 Å². The van der Waals surface area contributed by atoms with Crippen molar-refractivity contribution in [3.05, 3.63) is 35.9 Å². The summed E-state index contributed by atoms with van der Waals surface area (Å²) in [5.41, 5.74) is 0.270. The highest BCUT2D eigenvalue weighted by atomic mass is 32.1. The highest BCUT2D eigenvalue weighted by molar-refractivity contribution is 7.80. The molecule has 3 atom stereocenters. The van der Waals surface area contributed by atoms with Crippen molar-refractivity contribution >= 4 is 33.1 Å². The molecule has 0 radical (unpaired) electrons. The van der Waals surface area contributed by atoms with Gasteiger partial charge in [0.1, 0.15) is 18.3 Å². The van der Waals surface area contributed by atoms with Crippen LogP contribution in [0.1, 0.15) is 53.5 Å². The molecule has 8 nitrogen and oxygen atoms in total. The van der Waals surface area contributed by atoms with Gasteiger partial charge in [-0.3, -0.25) is 4.90 Å². The molecule has 0 aromatic heterocycles. The van der Waals surface area contributed by atoms with Gasteiger partial charge in [0.05, 0.1) is 24.6 Å². The van der Waals surface area contributed by atoms with Crippen molar-refractivity contribution in [3.63, 3.8) is 0 Å². The molecule has 1 aliphatic rings. The fourth-order valence-electron chi connectivity index (χ4n) is 3.77. The molecule has 0 saturated carbocycles. The minimum atomic E-state index is -2.15. The van der Waals surface area contributed by atoms with Crippen LogP contribution in [0, 0.1) is 0 Å². The Morgan fingerprint density at radius 2 is 1.75 bits per heavy atom. The number of hydrogen-bond donors (Lipinski definition) is 2. The van der Waals surface area contributed by atoms with Crippen molar-refractivity contribution in [3.8, 4) is 0 Å². The van der Waals surface area contributed by atoms with Crippen LogP contribution >= 0.6 is 12.6 Å². The molecule has 0 spiro atoms. The first-order valence-electron chi connectivity index (χ1n) is 12.5. The van der Waals surface area contributed by atoms with Crippen molar-refractivity contribution in [1.29, 1.82) is 0 Å². The fraction of sp³-hybridized carbons (Fsp3) is 0.692. The number of benzene rings is 1. The zero-order chi connectivity index (χ0) is 27.1. The Kier molecular flexibility index (Phi) is 10.7. The molecule has 0 bridgehead atoms. The van der Waals surface area contributed by atoms with Crippen molar-refractivity contribution in [1.82, 2.24) is 10.2 Å². The number of hydrogen-bond acceptors (Lipinski definition) is 7. The summed E-state index contributed by atoms with van der Waals surface area (Å²) >= 11 is 4.29. The van der Waals surface area contributed by atoms with Crippen LogP contribution in [-0.2, 0) is 25.2 Å². The summed E-state index contributed by atoms with van der Waals surface area (Å²) in [4.78, 5) is 27.1. The van der Waals surface area contributed by atoms with Gasteiger partial charge in [-0.15, -0.1) is 0 Å². The minimum absolute atomic E-state index is 0.00256. The number of thiol groups is 1. The number of nitrogens with one attached hydrogen (secondary N) is 1. The molecule has 1 aromatic carbocycles. The third kappa shape index (κ3) is 8.97. The first-order valence-corrected chi connectivity index (χ1v) is 16.0. The van der Waals surface area contributed by atoms with Crippen LogP contribution in [0.15, 0.2) is 30.3 Å². The van der Waals surface area contributed by atoms with E-state index >= 15 is 0 Å². The summed E-state index contributed by atoms with van der Waals surface area (Å²) in [7, 11) is -2.15. The predicted molar refractivity (Wildman–Crippen MR) is 147 cm³/mol. The van der Waals surface area contributed by atoms with Gasteiger partial charge in [0.2, 0.25) is 0 Å². The maximum atomic E-state index is 13.2. The monoisotopic (exact) mass is 540 g/mol. The Morgan fingerprint density at radius 1 is 1.11 bits per heavy atom. The smallest absolute Gasteiger partial charge is 0.410 e. The number of nitrogens with zero attached hydrogens (tertiary/aromatic N) is 1. The van der Waals surface area contributed by atoms with Crippen LogP contribution in [0.25, 0.3) is 0 Å². The Labute approximate surface area is 222 Å². The summed E-state index contributed by atoms with van der Waals surface area (Å²) in [6.07, 6.45) is -1.20. The molecule has 1 fully saturated rings. The lowest BCUT2D eigenvalue weighted by molar-refractivity contribution is -0.00806. The average molecular weight is 541 g/mol. The van der Waals surface area contributed by atoms with Gasteiger partial charge in [-0.05, 0) is 50.9 Å². The number of carbonyl (C=O) groups is 2. The maximum absolute atomic E-state index is 13.2. The first-order chi connectivity index (χ1) is 16.6. The largest absolute Gasteiger partial charge is 0.445 e. The van der Waals surface area contributed by atoms with E-state index in [0.717, 1.165) is 5.56 Å². The molecule has 36 heavy (non-hydrogen) atoms. The first kappa shape index (κ1) is 30.5. The fourth-order valence-corrected chi connectivity index (χ4v) is 5.26. The van der Waals surface area contributed by atoms with Gasteiger partial charge in [-0.25, -0.2) is 9.59 Å². The quantitative estimate of drug-likeness (QED) is 0.241. The van der Waals surface area contributed by atoms with Gasteiger partial charge in [0, 0.05) is 6.54 Å². The maximum Gasteiger partial charge on any atom is 0.410 e. The number of rotatable bonds is 9. The van der Waals surface area contributed by atoms with Crippen LogP contribution in [0.2, 0.25) is 18.1 Å². The van der Waals surface area contributed by atoms with Gasteiger partial charge in [-0.1, -0.05) is 51.1 Å². The Balaban J connectivity index is 2.12. The number of carbonyl (C=O) groups excluding carboxylic acids is 2. The van der Waals surface area contributed by atoms with E-state index in [2.05, 4.69) is 51.8 Å². The molecule has 204 valence electrons.